The van der Waals surface area contributed by atoms with Crippen LogP contribution >= 0.6 is 11.6 Å². The van der Waals surface area contributed by atoms with E-state index in [0.29, 0.717) is 21.6 Å². The van der Waals surface area contributed by atoms with Crippen molar-refractivity contribution in [2.45, 2.75) is 26.9 Å². The molecule has 0 aliphatic rings. The van der Waals surface area contributed by atoms with Crippen molar-refractivity contribution >= 4 is 28.4 Å². The van der Waals surface area contributed by atoms with Gasteiger partial charge in [-0.2, -0.15) is 0 Å². The fourth-order valence-electron chi connectivity index (χ4n) is 3.59. The predicted molar refractivity (Wildman–Crippen MR) is 127 cm³/mol. The zero-order chi connectivity index (χ0) is 23.7. The lowest BCUT2D eigenvalue weighted by atomic mass is 10.1. The summed E-state index contributed by atoms with van der Waals surface area (Å²) in [7, 11) is 0. The summed E-state index contributed by atoms with van der Waals surface area (Å²) in [5.41, 5.74) is 1.93. The van der Waals surface area contributed by atoms with Crippen molar-refractivity contribution < 1.29 is 9.18 Å². The molecule has 0 saturated heterocycles. The van der Waals surface area contributed by atoms with Gasteiger partial charge in [-0.15, -0.1) is 0 Å². The summed E-state index contributed by atoms with van der Waals surface area (Å²) in [4.78, 5) is 39.3. The van der Waals surface area contributed by atoms with Crippen LogP contribution in [0, 0.1) is 19.7 Å². The third kappa shape index (κ3) is 4.59. The first kappa shape index (κ1) is 22.5. The van der Waals surface area contributed by atoms with Crippen molar-refractivity contribution in [2.75, 3.05) is 0 Å². The highest BCUT2D eigenvalue weighted by molar-refractivity contribution is 6.31. The molecule has 6 nitrogen and oxygen atoms in total. The Bertz CT molecular complexity index is 1490. The maximum Gasteiger partial charge on any atom is 0.336 e. The van der Waals surface area contributed by atoms with Gasteiger partial charge < -0.3 is 5.32 Å². The first-order chi connectivity index (χ1) is 15.7. The molecule has 8 heteroatoms. The number of benzene rings is 3. The Morgan fingerprint density at radius 1 is 1.00 bits per heavy atom. The number of nitrogens with zero attached hydrogens (tertiary/aromatic N) is 2. The first-order valence-electron chi connectivity index (χ1n) is 10.3. The van der Waals surface area contributed by atoms with E-state index in [2.05, 4.69) is 5.32 Å². The van der Waals surface area contributed by atoms with Crippen LogP contribution in [0.1, 0.15) is 16.7 Å². The Kier molecular flexibility index (Phi) is 6.16. The van der Waals surface area contributed by atoms with Crippen LogP contribution in [-0.2, 0) is 17.9 Å². The molecule has 0 atom stereocenters. The summed E-state index contributed by atoms with van der Waals surface area (Å²) in [6.07, 6.45) is 0. The highest BCUT2D eigenvalue weighted by Crippen LogP contribution is 2.19. The van der Waals surface area contributed by atoms with E-state index < -0.39 is 17.2 Å². The Morgan fingerprint density at radius 3 is 2.42 bits per heavy atom. The van der Waals surface area contributed by atoms with E-state index in [9.17, 15) is 18.8 Å². The van der Waals surface area contributed by atoms with E-state index in [0.717, 1.165) is 21.3 Å². The fourth-order valence-corrected chi connectivity index (χ4v) is 3.77. The zero-order valence-electron chi connectivity index (χ0n) is 18.1. The van der Waals surface area contributed by atoms with Crippen LogP contribution < -0.4 is 16.6 Å². The lowest BCUT2D eigenvalue weighted by Gasteiger charge is -2.15. The number of halogens is 2. The van der Waals surface area contributed by atoms with Gasteiger partial charge in [0.25, 0.3) is 5.56 Å². The van der Waals surface area contributed by atoms with Crippen LogP contribution in [0.5, 0.6) is 0 Å². The molecule has 1 aromatic heterocycles. The second-order valence-corrected chi connectivity index (χ2v) is 8.27. The number of amides is 1. The fraction of sp³-hybridized carbons (Fsp3) is 0.160. The van der Waals surface area contributed by atoms with Gasteiger partial charge in [0.2, 0.25) is 5.91 Å². The van der Waals surface area contributed by atoms with Gasteiger partial charge in [0, 0.05) is 11.6 Å². The number of fused-ring (bicyclic) bond motifs is 1. The number of carbonyl (C=O) groups is 1. The molecule has 1 heterocycles. The second kappa shape index (κ2) is 9.03. The van der Waals surface area contributed by atoms with Crippen LogP contribution in [0.4, 0.5) is 4.39 Å². The molecule has 0 aliphatic heterocycles. The van der Waals surface area contributed by atoms with Gasteiger partial charge in [-0.05, 0) is 61.4 Å². The van der Waals surface area contributed by atoms with Crippen LogP contribution in [0.15, 0.2) is 70.3 Å². The highest BCUT2D eigenvalue weighted by Gasteiger charge is 2.17. The quantitative estimate of drug-likeness (QED) is 0.486. The molecule has 0 radical (unpaired) electrons. The minimum absolute atomic E-state index is 0.179. The summed E-state index contributed by atoms with van der Waals surface area (Å²) in [6.45, 7) is 3.55. The topological polar surface area (TPSA) is 73.1 Å². The molecule has 1 N–H and O–H groups in total. The van der Waals surface area contributed by atoms with Crippen molar-refractivity contribution in [3.8, 4) is 5.69 Å². The van der Waals surface area contributed by atoms with Crippen LogP contribution in [0.25, 0.3) is 16.6 Å². The Morgan fingerprint density at radius 2 is 1.73 bits per heavy atom. The lowest BCUT2D eigenvalue weighted by Crippen LogP contribution is -2.41. The maximum atomic E-state index is 13.4. The molecule has 3 aromatic carbocycles. The van der Waals surface area contributed by atoms with Crippen molar-refractivity contribution in [3.05, 3.63) is 109 Å². The van der Waals surface area contributed by atoms with Gasteiger partial charge in [0.1, 0.15) is 12.4 Å². The van der Waals surface area contributed by atoms with Gasteiger partial charge in [-0.1, -0.05) is 41.4 Å². The Balaban J connectivity index is 1.77. The van der Waals surface area contributed by atoms with E-state index in [1.54, 1.807) is 48.5 Å². The highest BCUT2D eigenvalue weighted by atomic mass is 35.5. The number of nitrogens with one attached hydrogen (secondary N) is 1. The predicted octanol–water partition coefficient (Wildman–Crippen LogP) is 3.88. The van der Waals surface area contributed by atoms with E-state index in [1.807, 2.05) is 13.8 Å². The third-order valence-electron chi connectivity index (χ3n) is 5.42. The van der Waals surface area contributed by atoms with Crippen molar-refractivity contribution in [1.29, 1.82) is 0 Å². The maximum absolute atomic E-state index is 13.4. The zero-order valence-corrected chi connectivity index (χ0v) is 18.8. The van der Waals surface area contributed by atoms with E-state index in [-0.39, 0.29) is 18.9 Å². The summed E-state index contributed by atoms with van der Waals surface area (Å²) < 4.78 is 15.4. The molecule has 168 valence electrons. The summed E-state index contributed by atoms with van der Waals surface area (Å²) in [5, 5.41) is 3.47. The van der Waals surface area contributed by atoms with E-state index >= 15 is 0 Å². The molecule has 0 bridgehead atoms. The molecular weight excluding hydrogens is 445 g/mol. The number of aryl methyl sites for hydroxylation is 2. The monoisotopic (exact) mass is 465 g/mol. The number of hydrogen-bond donors (Lipinski definition) is 1. The summed E-state index contributed by atoms with van der Waals surface area (Å²) in [5.74, 6) is -0.785. The van der Waals surface area contributed by atoms with Gasteiger partial charge in [0.05, 0.1) is 16.6 Å². The van der Waals surface area contributed by atoms with Gasteiger partial charge in [-0.25, -0.2) is 13.8 Å². The van der Waals surface area contributed by atoms with Gasteiger partial charge >= 0.3 is 5.69 Å². The molecular formula is C25H21ClFN3O3. The molecule has 0 spiro atoms. The molecule has 0 fully saturated rings. The molecule has 4 aromatic rings. The third-order valence-corrected chi connectivity index (χ3v) is 5.82. The number of carbonyl (C=O) groups excluding carboxylic acids is 1. The first-order valence-corrected chi connectivity index (χ1v) is 10.7. The van der Waals surface area contributed by atoms with Crippen LogP contribution in [0.3, 0.4) is 0 Å². The molecule has 4 rings (SSSR count). The number of aromatic nitrogens is 2. The van der Waals surface area contributed by atoms with Crippen LogP contribution in [0.2, 0.25) is 5.02 Å². The van der Waals surface area contributed by atoms with Gasteiger partial charge in [0.15, 0.2) is 0 Å². The van der Waals surface area contributed by atoms with Crippen molar-refractivity contribution in [1.82, 2.24) is 14.5 Å². The normalized spacial score (nSPS) is 11.0. The van der Waals surface area contributed by atoms with Gasteiger partial charge in [-0.3, -0.25) is 14.2 Å². The van der Waals surface area contributed by atoms with Crippen LogP contribution in [-0.4, -0.2) is 15.0 Å². The minimum Gasteiger partial charge on any atom is -0.350 e. The molecule has 33 heavy (non-hydrogen) atoms. The Hall–Kier alpha value is -3.71. The standard InChI is InChI=1S/C25H21ClFN3O3/c1-15-3-10-22-20(11-15)24(32)30(19-9-4-16(2)21(26)12-19)25(33)29(22)14-23(31)28-13-17-5-7-18(27)8-6-17/h3-12H,13-14H2,1-2H3,(H,28,31). The largest absolute Gasteiger partial charge is 0.350 e. The minimum atomic E-state index is -0.645. The molecule has 0 aliphatic carbocycles. The molecule has 0 unspecified atom stereocenters. The second-order valence-electron chi connectivity index (χ2n) is 7.87. The summed E-state index contributed by atoms with van der Waals surface area (Å²) >= 11 is 6.23. The number of hydrogen-bond acceptors (Lipinski definition) is 3. The Labute approximate surface area is 193 Å². The van der Waals surface area contributed by atoms with Crippen molar-refractivity contribution in [3.63, 3.8) is 0 Å². The number of rotatable bonds is 5. The SMILES string of the molecule is Cc1ccc2c(c1)c(=O)n(-c1ccc(C)c(Cl)c1)c(=O)n2CC(=O)NCc1ccc(F)cc1. The summed E-state index contributed by atoms with van der Waals surface area (Å²) in [6, 6.07) is 15.8. The smallest absolute Gasteiger partial charge is 0.336 e. The average molecular weight is 466 g/mol. The molecule has 0 saturated carbocycles. The lowest BCUT2D eigenvalue weighted by molar-refractivity contribution is -0.121. The molecule has 1 amide bonds. The van der Waals surface area contributed by atoms with E-state index in [4.69, 9.17) is 11.6 Å². The average Bonchev–Trinajstić information content (AvgIpc) is 2.79. The van der Waals surface area contributed by atoms with E-state index in [1.165, 1.54) is 16.7 Å². The van der Waals surface area contributed by atoms with Crippen molar-refractivity contribution in [2.24, 2.45) is 0 Å².